The van der Waals surface area contributed by atoms with Crippen molar-refractivity contribution in [1.82, 2.24) is 9.46 Å². The first-order valence-corrected chi connectivity index (χ1v) is 4.42. The minimum absolute atomic E-state index is 0.296. The molecule has 1 aromatic rings. The van der Waals surface area contributed by atoms with Crippen LogP contribution >= 0.6 is 0 Å². The second-order valence-electron chi connectivity index (χ2n) is 2.93. The lowest BCUT2D eigenvalue weighted by molar-refractivity contribution is 0.940. The molecule has 0 unspecified atom stereocenters. The van der Waals surface area contributed by atoms with Crippen molar-refractivity contribution in [3.05, 3.63) is 52.7 Å². The summed E-state index contributed by atoms with van der Waals surface area (Å²) in [6, 6.07) is 0. The van der Waals surface area contributed by atoms with E-state index < -0.39 is 0 Å². The van der Waals surface area contributed by atoms with Gasteiger partial charge in [0.25, 0.3) is 0 Å². The molecule has 0 amide bonds. The van der Waals surface area contributed by atoms with E-state index in [-0.39, 0.29) is 5.56 Å². The number of allylic oxidation sites excluding steroid dienone is 2. The van der Waals surface area contributed by atoms with E-state index in [2.05, 4.69) is 18.1 Å². The lowest BCUT2D eigenvalue weighted by Gasteiger charge is -2.07. The first-order chi connectivity index (χ1) is 7.11. The molecule has 74 valence electrons. The highest BCUT2D eigenvalue weighted by Gasteiger charge is 2.06. The van der Waals surface area contributed by atoms with E-state index in [4.69, 9.17) is 7.98 Å². The van der Waals surface area contributed by atoms with Gasteiger partial charge in [0.2, 0.25) is 13.5 Å². The molecule has 0 aliphatic rings. The number of nitrogens with zero attached hydrogens (tertiary/aromatic N) is 2. The van der Waals surface area contributed by atoms with Crippen LogP contribution in [0.2, 0.25) is 0 Å². The Bertz CT molecular complexity index is 486. The Morgan fingerprint density at radius 2 is 2.13 bits per heavy atom. The van der Waals surface area contributed by atoms with E-state index in [0.717, 1.165) is 4.48 Å². The molecule has 1 heterocycles. The summed E-state index contributed by atoms with van der Waals surface area (Å²) >= 11 is 0. The lowest BCUT2D eigenvalue weighted by atomic mass is 10.1. The Kier molecular flexibility index (Phi) is 3.44. The Morgan fingerprint density at radius 3 is 2.67 bits per heavy atom. The highest BCUT2D eigenvalue weighted by molar-refractivity contribution is 6.06. The highest BCUT2D eigenvalue weighted by atomic mass is 16.1. The van der Waals surface area contributed by atoms with Gasteiger partial charge in [0, 0.05) is 0 Å². The van der Waals surface area contributed by atoms with Gasteiger partial charge in [0.05, 0.1) is 17.1 Å². The van der Waals surface area contributed by atoms with E-state index in [1.165, 1.54) is 6.08 Å². The van der Waals surface area contributed by atoms with Crippen LogP contribution in [0, 0.1) is 6.92 Å². The van der Waals surface area contributed by atoms with Gasteiger partial charge in [-0.25, -0.2) is 4.98 Å². The van der Waals surface area contributed by atoms with E-state index >= 15 is 0 Å². The van der Waals surface area contributed by atoms with Crippen LogP contribution in [0.4, 0.5) is 0 Å². The van der Waals surface area contributed by atoms with Crippen LogP contribution in [-0.4, -0.2) is 17.4 Å². The molecule has 4 heteroatoms. The van der Waals surface area contributed by atoms with Crippen molar-refractivity contribution in [2.24, 2.45) is 0 Å². The van der Waals surface area contributed by atoms with Crippen LogP contribution in [0.5, 0.6) is 0 Å². The molecule has 2 radical (unpaired) electrons. The SMILES string of the molecule is [B]n1c(C)nc(C=C)c(/C=C\C=C)c1=O. The van der Waals surface area contributed by atoms with Gasteiger partial charge in [-0.1, -0.05) is 25.3 Å². The van der Waals surface area contributed by atoms with Crippen LogP contribution < -0.4 is 5.56 Å². The van der Waals surface area contributed by atoms with Crippen LogP contribution in [0.3, 0.4) is 0 Å². The van der Waals surface area contributed by atoms with Crippen molar-refractivity contribution in [3.63, 3.8) is 0 Å². The zero-order chi connectivity index (χ0) is 11.4. The molecule has 0 spiro atoms. The normalized spacial score (nSPS) is 10.5. The summed E-state index contributed by atoms with van der Waals surface area (Å²) in [5, 5.41) is 0. The number of hydrogen-bond donors (Lipinski definition) is 0. The third kappa shape index (κ3) is 2.15. The predicted molar refractivity (Wildman–Crippen MR) is 63.7 cm³/mol. The molecule has 3 nitrogen and oxygen atoms in total. The summed E-state index contributed by atoms with van der Waals surface area (Å²) in [5.74, 6) is 0.450. The predicted octanol–water partition coefficient (Wildman–Crippen LogP) is 1.33. The molecular formula is C11H11BN2O. The maximum absolute atomic E-state index is 11.7. The smallest absolute Gasteiger partial charge is 0.248 e. The number of hydrogen-bond acceptors (Lipinski definition) is 2. The molecule has 0 bridgehead atoms. The van der Waals surface area contributed by atoms with Crippen molar-refractivity contribution < 1.29 is 0 Å². The van der Waals surface area contributed by atoms with Gasteiger partial charge in [-0.15, -0.1) is 0 Å². The van der Waals surface area contributed by atoms with E-state index in [0.29, 0.717) is 17.1 Å². The molecule has 0 saturated carbocycles. The largest absolute Gasteiger partial charge is 0.354 e. The quantitative estimate of drug-likeness (QED) is 0.542. The summed E-state index contributed by atoms with van der Waals surface area (Å²) in [4.78, 5) is 15.9. The average molecular weight is 198 g/mol. The second kappa shape index (κ2) is 4.60. The summed E-state index contributed by atoms with van der Waals surface area (Å²) in [6.07, 6.45) is 6.37. The lowest BCUT2D eigenvalue weighted by Crippen LogP contribution is -2.25. The Labute approximate surface area is 89.9 Å². The number of aromatic nitrogens is 2. The van der Waals surface area contributed by atoms with E-state index in [9.17, 15) is 4.79 Å². The van der Waals surface area contributed by atoms with Crippen molar-refractivity contribution in [2.45, 2.75) is 6.92 Å². The fourth-order valence-electron chi connectivity index (χ4n) is 1.15. The molecule has 15 heavy (non-hydrogen) atoms. The average Bonchev–Trinajstić information content (AvgIpc) is 2.24. The van der Waals surface area contributed by atoms with Crippen LogP contribution in [0.1, 0.15) is 17.1 Å². The first-order valence-electron chi connectivity index (χ1n) is 4.42. The minimum Gasteiger partial charge on any atom is -0.354 e. The van der Waals surface area contributed by atoms with E-state index in [1.54, 1.807) is 25.2 Å². The molecule has 0 aliphatic heterocycles. The zero-order valence-electron chi connectivity index (χ0n) is 8.60. The van der Waals surface area contributed by atoms with Gasteiger partial charge in [-0.3, -0.25) is 4.79 Å². The van der Waals surface area contributed by atoms with Gasteiger partial charge in [0.1, 0.15) is 0 Å². The maximum Gasteiger partial charge on any atom is 0.248 e. The Balaban J connectivity index is 3.54. The van der Waals surface area contributed by atoms with Crippen LogP contribution in [-0.2, 0) is 0 Å². The fraction of sp³-hybridized carbons (Fsp3) is 0.0909. The number of rotatable bonds is 3. The van der Waals surface area contributed by atoms with Crippen LogP contribution in [0.25, 0.3) is 12.2 Å². The Hall–Kier alpha value is -1.84. The van der Waals surface area contributed by atoms with Gasteiger partial charge in [-0.2, -0.15) is 0 Å². The monoisotopic (exact) mass is 198 g/mol. The fourth-order valence-corrected chi connectivity index (χ4v) is 1.15. The summed E-state index contributed by atoms with van der Waals surface area (Å²) in [6.45, 7) is 8.79. The molecule has 0 N–H and O–H groups in total. The number of aryl methyl sites for hydroxylation is 1. The van der Waals surface area contributed by atoms with Crippen molar-refractivity contribution >= 4 is 20.1 Å². The third-order valence-electron chi connectivity index (χ3n) is 1.95. The molecule has 0 aliphatic carbocycles. The molecule has 1 rings (SSSR count). The Morgan fingerprint density at radius 1 is 1.47 bits per heavy atom. The van der Waals surface area contributed by atoms with Gasteiger partial charge >= 0.3 is 0 Å². The summed E-state index contributed by atoms with van der Waals surface area (Å²) in [7, 11) is 5.53. The summed E-state index contributed by atoms with van der Waals surface area (Å²) in [5.41, 5.74) is 0.644. The van der Waals surface area contributed by atoms with E-state index in [1.807, 2.05) is 0 Å². The standard InChI is InChI=1S/C11H11BN2O/c1-4-6-7-9-10(5-2)13-8(3)14(12)11(9)15/h4-7H,1-2H2,3H3/b7-6-. The topological polar surface area (TPSA) is 34.9 Å². The first kappa shape index (κ1) is 11.2. The van der Waals surface area contributed by atoms with Crippen LogP contribution in [0.15, 0.2) is 30.1 Å². The molecule has 0 fully saturated rings. The minimum atomic E-state index is -0.296. The van der Waals surface area contributed by atoms with Gasteiger partial charge in [-0.05, 0) is 19.1 Å². The third-order valence-corrected chi connectivity index (χ3v) is 1.95. The van der Waals surface area contributed by atoms with Crippen molar-refractivity contribution in [3.8, 4) is 0 Å². The summed E-state index contributed by atoms with van der Waals surface area (Å²) < 4.78 is 1.01. The molecule has 1 aromatic heterocycles. The molecule has 0 saturated heterocycles. The van der Waals surface area contributed by atoms with Crippen molar-refractivity contribution in [2.75, 3.05) is 0 Å². The van der Waals surface area contributed by atoms with Crippen molar-refractivity contribution in [1.29, 1.82) is 0 Å². The molecule has 0 atom stereocenters. The maximum atomic E-state index is 11.7. The molecular weight excluding hydrogens is 187 g/mol. The second-order valence-corrected chi connectivity index (χ2v) is 2.93. The van der Waals surface area contributed by atoms with Gasteiger partial charge in [0.15, 0.2) is 0 Å². The highest BCUT2D eigenvalue weighted by Crippen LogP contribution is 2.05. The molecule has 0 aromatic carbocycles. The van der Waals surface area contributed by atoms with Gasteiger partial charge < -0.3 is 4.48 Å². The zero-order valence-corrected chi connectivity index (χ0v) is 8.60.